The zero-order valence-corrected chi connectivity index (χ0v) is 22.9. The van der Waals surface area contributed by atoms with Gasteiger partial charge in [-0.25, -0.2) is 8.78 Å². The van der Waals surface area contributed by atoms with E-state index >= 15 is 4.39 Å². The number of hydrogen-bond donors (Lipinski definition) is 2. The lowest BCUT2D eigenvalue weighted by atomic mass is 9.91. The highest BCUT2D eigenvalue weighted by Gasteiger charge is 2.49. The molecule has 0 bridgehead atoms. The van der Waals surface area contributed by atoms with E-state index in [-0.39, 0.29) is 42.9 Å². The van der Waals surface area contributed by atoms with Crippen LogP contribution in [-0.4, -0.2) is 65.4 Å². The Hall–Kier alpha value is -2.77. The molecule has 4 aliphatic rings. The molecule has 0 spiro atoms. The lowest BCUT2D eigenvalue weighted by Crippen LogP contribution is -2.44. The maximum Gasteiger partial charge on any atom is 0.417 e. The highest BCUT2D eigenvalue weighted by atomic mass is 19.4. The molecule has 4 aliphatic heterocycles. The van der Waals surface area contributed by atoms with Crippen LogP contribution in [0.25, 0.3) is 0 Å². The number of anilines is 2. The molecule has 41 heavy (non-hydrogen) atoms. The summed E-state index contributed by atoms with van der Waals surface area (Å²) in [6, 6.07) is 1.12. The van der Waals surface area contributed by atoms with Crippen LogP contribution in [0, 0.1) is 12.7 Å². The summed E-state index contributed by atoms with van der Waals surface area (Å²) in [5.74, 6) is -0.569. The van der Waals surface area contributed by atoms with Gasteiger partial charge in [0.1, 0.15) is 18.6 Å². The zero-order chi connectivity index (χ0) is 29.1. The Balaban J connectivity index is 1.36. The van der Waals surface area contributed by atoms with Gasteiger partial charge in [-0.2, -0.15) is 23.1 Å². The second kappa shape index (κ2) is 10.5. The van der Waals surface area contributed by atoms with Crippen LogP contribution < -0.4 is 21.1 Å². The monoisotopic (exact) mass is 582 g/mol. The second-order valence-electron chi connectivity index (χ2n) is 11.8. The minimum absolute atomic E-state index is 0.0677. The molecule has 0 unspecified atom stereocenters. The van der Waals surface area contributed by atoms with Crippen molar-refractivity contribution < 1.29 is 31.4 Å². The molecule has 3 fully saturated rings. The molecule has 0 aliphatic carbocycles. The molecule has 0 saturated carbocycles. The van der Waals surface area contributed by atoms with Gasteiger partial charge in [0, 0.05) is 49.6 Å². The zero-order valence-electron chi connectivity index (χ0n) is 22.9. The van der Waals surface area contributed by atoms with Crippen LogP contribution in [-0.2, 0) is 23.9 Å². The first-order valence-corrected chi connectivity index (χ1v) is 14.1. The fraction of sp³-hybridized carbons (Fsp3) is 0.643. The van der Waals surface area contributed by atoms with Gasteiger partial charge in [0.25, 0.3) is 0 Å². The minimum Gasteiger partial charge on any atom is -0.461 e. The van der Waals surface area contributed by atoms with Crippen molar-refractivity contribution >= 4 is 11.5 Å². The molecule has 8 nitrogen and oxygen atoms in total. The molecule has 224 valence electrons. The molecule has 3 atom stereocenters. The summed E-state index contributed by atoms with van der Waals surface area (Å²) in [6.45, 7) is 3.80. The maximum absolute atomic E-state index is 15.3. The van der Waals surface area contributed by atoms with Gasteiger partial charge >= 0.3 is 12.2 Å². The summed E-state index contributed by atoms with van der Waals surface area (Å²) < 4.78 is 83.9. The van der Waals surface area contributed by atoms with E-state index in [1.165, 1.54) is 6.92 Å². The van der Waals surface area contributed by atoms with Gasteiger partial charge in [0.05, 0.1) is 35.2 Å². The van der Waals surface area contributed by atoms with Crippen molar-refractivity contribution in [2.45, 2.75) is 82.1 Å². The molecule has 13 heteroatoms. The van der Waals surface area contributed by atoms with E-state index in [1.54, 1.807) is 0 Å². The van der Waals surface area contributed by atoms with Crippen molar-refractivity contribution in [3.63, 3.8) is 0 Å². The molecule has 0 radical (unpaired) electrons. The van der Waals surface area contributed by atoms with E-state index in [2.05, 4.69) is 14.8 Å². The number of halogens is 5. The van der Waals surface area contributed by atoms with Crippen LogP contribution >= 0.6 is 0 Å². The van der Waals surface area contributed by atoms with Gasteiger partial charge < -0.3 is 25.8 Å². The molecule has 2 aromatic rings. The van der Waals surface area contributed by atoms with Crippen molar-refractivity contribution in [1.29, 1.82) is 0 Å². The van der Waals surface area contributed by atoms with Gasteiger partial charge in [-0.3, -0.25) is 4.90 Å². The Labute approximate surface area is 235 Å². The van der Waals surface area contributed by atoms with Crippen LogP contribution in [0.4, 0.5) is 33.5 Å². The van der Waals surface area contributed by atoms with E-state index in [9.17, 15) is 17.6 Å². The number of hydrogen-bond acceptors (Lipinski definition) is 8. The van der Waals surface area contributed by atoms with E-state index in [4.69, 9.17) is 25.9 Å². The fourth-order valence-corrected chi connectivity index (χ4v) is 7.03. The quantitative estimate of drug-likeness (QED) is 0.399. The smallest absolute Gasteiger partial charge is 0.417 e. The van der Waals surface area contributed by atoms with Crippen LogP contribution in [0.5, 0.6) is 6.01 Å². The molecule has 3 saturated heterocycles. The highest BCUT2D eigenvalue weighted by molar-refractivity contribution is 5.55. The highest BCUT2D eigenvalue weighted by Crippen LogP contribution is 2.45. The average molecular weight is 583 g/mol. The summed E-state index contributed by atoms with van der Waals surface area (Å²) in [5.41, 5.74) is 10.2. The van der Waals surface area contributed by atoms with Crippen LogP contribution in [0.3, 0.4) is 0 Å². The summed E-state index contributed by atoms with van der Waals surface area (Å²) in [6.07, 6.45) is -3.50. The summed E-state index contributed by atoms with van der Waals surface area (Å²) >= 11 is 0. The minimum atomic E-state index is -4.81. The summed E-state index contributed by atoms with van der Waals surface area (Å²) in [7, 11) is 0. The van der Waals surface area contributed by atoms with E-state index in [1.807, 2.05) is 0 Å². The number of nitrogens with two attached hydrogens (primary N) is 2. The molecule has 6 rings (SSSR count). The van der Waals surface area contributed by atoms with Gasteiger partial charge in [-0.15, -0.1) is 0 Å². The standard InChI is InChI=1S/C28H35F5N6O2/c1-15-9-19(35)24(30)22(23(15)28(31,32)33)21-10-20-18(13-40-21)25(38-7-3-17(34)4-8-38)37-26(36-20)41-14-27-5-2-6-39(27)12-16(29)11-27/h9,16-17,21H,2-8,10-14,34-35H2,1H3/t16-,21+,27+/m1/s1. The first kappa shape index (κ1) is 28.4. The number of alkyl halides is 4. The number of piperidine rings is 1. The van der Waals surface area contributed by atoms with Crippen LogP contribution in [0.2, 0.25) is 0 Å². The predicted molar refractivity (Wildman–Crippen MR) is 142 cm³/mol. The fourth-order valence-electron chi connectivity index (χ4n) is 7.03. The van der Waals surface area contributed by atoms with E-state index in [0.717, 1.165) is 38.3 Å². The summed E-state index contributed by atoms with van der Waals surface area (Å²) in [4.78, 5) is 13.5. The van der Waals surface area contributed by atoms with Gasteiger partial charge in [-0.05, 0) is 50.8 Å². The molecule has 5 heterocycles. The van der Waals surface area contributed by atoms with E-state index in [0.29, 0.717) is 43.1 Å². The number of nitrogens with zero attached hydrogens (tertiary/aromatic N) is 4. The molecular formula is C28H35F5N6O2. The number of aryl methyl sites for hydroxylation is 1. The third-order valence-electron chi connectivity index (χ3n) is 9.06. The van der Waals surface area contributed by atoms with Crippen molar-refractivity contribution in [3.8, 4) is 6.01 Å². The third-order valence-corrected chi connectivity index (χ3v) is 9.06. The Morgan fingerprint density at radius 2 is 1.95 bits per heavy atom. The van der Waals surface area contributed by atoms with Crippen molar-refractivity contribution in [1.82, 2.24) is 14.9 Å². The normalized spacial score (nSPS) is 27.2. The number of rotatable bonds is 5. The Kier molecular flexibility index (Phi) is 7.26. The molecule has 1 aromatic heterocycles. The Bertz CT molecular complexity index is 1320. The van der Waals surface area contributed by atoms with E-state index < -0.39 is 40.9 Å². The predicted octanol–water partition coefficient (Wildman–Crippen LogP) is 4.22. The third kappa shape index (κ3) is 5.20. The van der Waals surface area contributed by atoms with Crippen molar-refractivity contribution in [3.05, 3.63) is 39.8 Å². The van der Waals surface area contributed by atoms with Crippen molar-refractivity contribution in [2.75, 3.05) is 43.4 Å². The first-order valence-electron chi connectivity index (χ1n) is 14.1. The number of ether oxygens (including phenoxy) is 2. The topological polar surface area (TPSA) is 103 Å². The number of benzene rings is 1. The van der Waals surface area contributed by atoms with Crippen LogP contribution in [0.15, 0.2) is 6.07 Å². The Morgan fingerprint density at radius 3 is 2.68 bits per heavy atom. The number of nitrogen functional groups attached to an aromatic ring is 1. The SMILES string of the molecule is Cc1cc(N)c(F)c([C@@H]2Cc3nc(OC[C@@]45CCCN4C[C@H](F)C5)nc(N4CCC(N)CC4)c3CO2)c1C(F)(F)F. The number of aromatic nitrogens is 2. The summed E-state index contributed by atoms with van der Waals surface area (Å²) in [5, 5.41) is 0. The maximum atomic E-state index is 15.3. The average Bonchev–Trinajstić information content (AvgIpc) is 3.44. The molecule has 0 amide bonds. The molecule has 1 aromatic carbocycles. The van der Waals surface area contributed by atoms with Gasteiger partial charge in [-0.1, -0.05) is 0 Å². The second-order valence-corrected chi connectivity index (χ2v) is 11.8. The Morgan fingerprint density at radius 1 is 1.20 bits per heavy atom. The van der Waals surface area contributed by atoms with Gasteiger partial charge in [0.15, 0.2) is 5.82 Å². The van der Waals surface area contributed by atoms with Crippen molar-refractivity contribution in [2.24, 2.45) is 5.73 Å². The first-order chi connectivity index (χ1) is 19.4. The number of fused-ring (bicyclic) bond motifs is 2. The molecule has 4 N–H and O–H groups in total. The van der Waals surface area contributed by atoms with Gasteiger partial charge in [0.2, 0.25) is 0 Å². The molecular weight excluding hydrogens is 547 g/mol. The lowest BCUT2D eigenvalue weighted by Gasteiger charge is -2.35. The lowest BCUT2D eigenvalue weighted by molar-refractivity contribution is -0.140. The van der Waals surface area contributed by atoms with Crippen LogP contribution in [0.1, 0.15) is 66.2 Å². The largest absolute Gasteiger partial charge is 0.461 e.